The molecule has 0 aromatic heterocycles. The third-order valence-corrected chi connectivity index (χ3v) is 2.83. The quantitative estimate of drug-likeness (QED) is 0.498. The molecule has 0 saturated carbocycles. The summed E-state index contributed by atoms with van der Waals surface area (Å²) >= 11 is 0. The summed E-state index contributed by atoms with van der Waals surface area (Å²) in [5.41, 5.74) is 0. The van der Waals surface area contributed by atoms with Crippen LogP contribution in [0.1, 0.15) is 19.8 Å². The van der Waals surface area contributed by atoms with Crippen LogP contribution in [-0.2, 0) is 9.59 Å². The second kappa shape index (κ2) is 6.93. The second-order valence-electron chi connectivity index (χ2n) is 4.33. The summed E-state index contributed by atoms with van der Waals surface area (Å²) in [6.07, 6.45) is -0.664. The highest BCUT2D eigenvalue weighted by Gasteiger charge is 2.38. The minimum atomic E-state index is -1.14. The highest BCUT2D eigenvalue weighted by atomic mass is 16.4. The zero-order valence-corrected chi connectivity index (χ0v) is 10.8. The van der Waals surface area contributed by atoms with Gasteiger partial charge in [-0.1, -0.05) is 0 Å². The Bertz CT molecular complexity index is 360. The van der Waals surface area contributed by atoms with E-state index in [1.807, 2.05) is 0 Å². The average molecular weight is 273 g/mol. The normalized spacial score (nSPS) is 22.1. The third kappa shape index (κ3) is 4.40. The molecule has 0 bridgehead atoms. The summed E-state index contributed by atoms with van der Waals surface area (Å²) in [6, 6.07) is -1.59. The Hall–Kier alpha value is -1.83. The van der Waals surface area contributed by atoms with Gasteiger partial charge in [-0.25, -0.2) is 9.59 Å². The summed E-state index contributed by atoms with van der Waals surface area (Å²) in [5.74, 6) is -1.32. The van der Waals surface area contributed by atoms with Crippen LogP contribution < -0.4 is 10.6 Å². The van der Waals surface area contributed by atoms with Gasteiger partial charge in [0.25, 0.3) is 0 Å². The van der Waals surface area contributed by atoms with Crippen molar-refractivity contribution in [3.8, 4) is 0 Å². The Morgan fingerprint density at radius 3 is 2.58 bits per heavy atom. The fourth-order valence-electron chi connectivity index (χ4n) is 1.94. The van der Waals surface area contributed by atoms with E-state index in [2.05, 4.69) is 10.6 Å². The molecule has 0 spiro atoms. The van der Waals surface area contributed by atoms with Crippen molar-refractivity contribution < 1.29 is 24.6 Å². The van der Waals surface area contributed by atoms with E-state index in [0.717, 1.165) is 4.90 Å². The van der Waals surface area contributed by atoms with Crippen LogP contribution in [0, 0.1) is 0 Å². The van der Waals surface area contributed by atoms with Gasteiger partial charge in [-0.15, -0.1) is 0 Å². The fraction of sp³-hybridized carbons (Fsp3) is 0.727. The smallest absolute Gasteiger partial charge is 0.326 e. The summed E-state index contributed by atoms with van der Waals surface area (Å²) < 4.78 is 0. The molecule has 2 atom stereocenters. The number of aliphatic carboxylic acids is 1. The van der Waals surface area contributed by atoms with Crippen molar-refractivity contribution in [3.05, 3.63) is 0 Å². The van der Waals surface area contributed by atoms with E-state index in [4.69, 9.17) is 5.11 Å². The third-order valence-electron chi connectivity index (χ3n) is 2.83. The first-order chi connectivity index (χ1) is 8.95. The van der Waals surface area contributed by atoms with E-state index in [9.17, 15) is 19.5 Å². The lowest BCUT2D eigenvalue weighted by Crippen LogP contribution is -2.46. The van der Waals surface area contributed by atoms with Gasteiger partial charge in [0, 0.05) is 32.5 Å². The van der Waals surface area contributed by atoms with Gasteiger partial charge in [0.1, 0.15) is 6.04 Å². The van der Waals surface area contributed by atoms with Crippen LogP contribution in [0.15, 0.2) is 0 Å². The number of β-amino-alcohol motifs (C(OH)–C–C–N with tert-alkyl or cyclic N) is 1. The Kier molecular flexibility index (Phi) is 5.56. The van der Waals surface area contributed by atoms with Crippen molar-refractivity contribution in [2.75, 3.05) is 19.6 Å². The first-order valence-electron chi connectivity index (χ1n) is 6.17. The predicted octanol–water partition coefficient (Wildman–Crippen LogP) is -1.26. The van der Waals surface area contributed by atoms with Crippen LogP contribution in [-0.4, -0.2) is 64.8 Å². The number of hydrogen-bond donors (Lipinski definition) is 4. The number of rotatable bonds is 5. The van der Waals surface area contributed by atoms with Gasteiger partial charge in [-0.2, -0.15) is 0 Å². The number of carboxylic acids is 1. The van der Waals surface area contributed by atoms with E-state index in [1.165, 1.54) is 0 Å². The largest absolute Gasteiger partial charge is 0.480 e. The van der Waals surface area contributed by atoms with Crippen molar-refractivity contribution in [3.63, 3.8) is 0 Å². The van der Waals surface area contributed by atoms with Gasteiger partial charge in [-0.05, 0) is 6.92 Å². The van der Waals surface area contributed by atoms with Crippen LogP contribution in [0.4, 0.5) is 4.79 Å². The number of amides is 3. The van der Waals surface area contributed by atoms with Crippen LogP contribution in [0.25, 0.3) is 0 Å². The molecule has 1 fully saturated rings. The summed E-state index contributed by atoms with van der Waals surface area (Å²) in [6.45, 7) is 2.43. The molecular weight excluding hydrogens is 254 g/mol. The SMILES string of the molecule is CCNC(=O)CCNC(=O)N1C[C@@H](O)C[C@H]1C(=O)O. The molecule has 19 heavy (non-hydrogen) atoms. The van der Waals surface area contributed by atoms with Crippen molar-refractivity contribution in [1.82, 2.24) is 15.5 Å². The van der Waals surface area contributed by atoms with Gasteiger partial charge in [-0.3, -0.25) is 4.79 Å². The number of aliphatic hydroxyl groups is 1. The van der Waals surface area contributed by atoms with E-state index >= 15 is 0 Å². The van der Waals surface area contributed by atoms with E-state index in [0.29, 0.717) is 6.54 Å². The standard InChI is InChI=1S/C11H19N3O5/c1-2-12-9(16)3-4-13-11(19)14-6-7(15)5-8(14)10(17)18/h7-8,15H,2-6H2,1H3,(H,12,16)(H,13,19)(H,17,18)/t7-,8-/m0/s1. The zero-order chi connectivity index (χ0) is 14.4. The van der Waals surface area contributed by atoms with Crippen molar-refractivity contribution in [2.45, 2.75) is 31.9 Å². The lowest BCUT2D eigenvalue weighted by atomic mass is 10.2. The molecule has 0 aromatic carbocycles. The predicted molar refractivity (Wildman–Crippen MR) is 65.5 cm³/mol. The van der Waals surface area contributed by atoms with Crippen LogP contribution in [0.5, 0.6) is 0 Å². The highest BCUT2D eigenvalue weighted by molar-refractivity contribution is 5.84. The molecular formula is C11H19N3O5. The Balaban J connectivity index is 2.40. The van der Waals surface area contributed by atoms with Gasteiger partial charge >= 0.3 is 12.0 Å². The molecule has 1 rings (SSSR count). The van der Waals surface area contributed by atoms with Crippen LogP contribution >= 0.6 is 0 Å². The van der Waals surface area contributed by atoms with E-state index in [1.54, 1.807) is 6.92 Å². The molecule has 0 aliphatic carbocycles. The number of carbonyl (C=O) groups excluding carboxylic acids is 2. The van der Waals surface area contributed by atoms with Gasteiger partial charge in [0.2, 0.25) is 5.91 Å². The van der Waals surface area contributed by atoms with Crippen LogP contribution in [0.3, 0.4) is 0 Å². The molecule has 4 N–H and O–H groups in total. The maximum absolute atomic E-state index is 11.8. The number of nitrogens with one attached hydrogen (secondary N) is 2. The number of likely N-dealkylation sites (tertiary alicyclic amines) is 1. The van der Waals surface area contributed by atoms with Gasteiger partial charge < -0.3 is 25.7 Å². The topological polar surface area (TPSA) is 119 Å². The second-order valence-corrected chi connectivity index (χ2v) is 4.33. The Labute approximate surface area is 110 Å². The van der Waals surface area contributed by atoms with E-state index < -0.39 is 24.1 Å². The minimum Gasteiger partial charge on any atom is -0.480 e. The Morgan fingerprint density at radius 2 is 2.00 bits per heavy atom. The highest BCUT2D eigenvalue weighted by Crippen LogP contribution is 2.17. The Morgan fingerprint density at radius 1 is 1.32 bits per heavy atom. The van der Waals surface area contributed by atoms with Crippen molar-refractivity contribution in [1.29, 1.82) is 0 Å². The number of aliphatic hydroxyl groups excluding tert-OH is 1. The summed E-state index contributed by atoms with van der Waals surface area (Å²) in [7, 11) is 0. The lowest BCUT2D eigenvalue weighted by Gasteiger charge is -2.21. The maximum Gasteiger partial charge on any atom is 0.326 e. The molecule has 8 nitrogen and oxygen atoms in total. The van der Waals surface area contributed by atoms with Crippen LogP contribution in [0.2, 0.25) is 0 Å². The molecule has 8 heteroatoms. The summed E-state index contributed by atoms with van der Waals surface area (Å²) in [5, 5.41) is 23.4. The number of urea groups is 1. The number of carbonyl (C=O) groups is 3. The van der Waals surface area contributed by atoms with Gasteiger partial charge in [0.15, 0.2) is 0 Å². The molecule has 108 valence electrons. The fourth-order valence-corrected chi connectivity index (χ4v) is 1.94. The minimum absolute atomic E-state index is 0.00996. The zero-order valence-electron chi connectivity index (χ0n) is 10.8. The molecule has 1 saturated heterocycles. The first-order valence-corrected chi connectivity index (χ1v) is 6.17. The van der Waals surface area contributed by atoms with Crippen molar-refractivity contribution in [2.24, 2.45) is 0 Å². The van der Waals surface area contributed by atoms with Crippen molar-refractivity contribution >= 4 is 17.9 Å². The molecule has 0 aromatic rings. The average Bonchev–Trinajstić information content (AvgIpc) is 2.72. The lowest BCUT2D eigenvalue weighted by molar-refractivity contribution is -0.141. The number of carboxylic acid groups (broad SMARTS) is 1. The number of hydrogen-bond acceptors (Lipinski definition) is 4. The molecule has 0 unspecified atom stereocenters. The first kappa shape index (κ1) is 15.2. The molecule has 1 aliphatic rings. The maximum atomic E-state index is 11.8. The monoisotopic (exact) mass is 273 g/mol. The molecule has 3 amide bonds. The molecule has 0 radical (unpaired) electrons. The molecule has 1 heterocycles. The molecule has 1 aliphatic heterocycles. The van der Waals surface area contributed by atoms with E-state index in [-0.39, 0.29) is 31.8 Å². The summed E-state index contributed by atoms with van der Waals surface area (Å²) in [4.78, 5) is 34.9. The number of nitrogens with zero attached hydrogens (tertiary/aromatic N) is 1. The van der Waals surface area contributed by atoms with Gasteiger partial charge in [0.05, 0.1) is 6.10 Å².